The van der Waals surface area contributed by atoms with Crippen LogP contribution in [0, 0.1) is 0 Å². The van der Waals surface area contributed by atoms with Crippen LogP contribution in [0.1, 0.15) is 0 Å². The van der Waals surface area contributed by atoms with Crippen LogP contribution in [0.15, 0.2) is 10.2 Å². The Bertz CT molecular complexity index is 33.9. The quantitative estimate of drug-likeness (QED) is 0.597. The van der Waals surface area contributed by atoms with Crippen molar-refractivity contribution in [3.05, 3.63) is 10.2 Å². The van der Waals surface area contributed by atoms with Crippen LogP contribution in [-0.2, 0) is 0 Å². The Labute approximate surface area is 45.4 Å². The third-order valence-corrected chi connectivity index (χ3v) is 0.734. The van der Waals surface area contributed by atoms with Gasteiger partial charge in [-0.2, -0.15) is 0 Å². The highest BCUT2D eigenvalue weighted by atomic mass is 125. The fraction of sp³-hybridized carbons (Fsp3) is 0.333. The van der Waals surface area contributed by atoms with E-state index in [2.05, 4.69) is 22.6 Å². The summed E-state index contributed by atoms with van der Waals surface area (Å²) in [5, 5.41) is 0. The lowest BCUT2D eigenvalue weighted by molar-refractivity contribution is 1.26. The summed E-state index contributed by atoms with van der Waals surface area (Å²) in [6, 6.07) is 0. The van der Waals surface area contributed by atoms with E-state index in [4.69, 9.17) is 5.73 Å². The minimum atomic E-state index is 0.656. The Morgan fingerprint density at radius 2 is 2.40 bits per heavy atom. The lowest BCUT2D eigenvalue weighted by Gasteiger charge is -1.65. The number of hydrogen-bond acceptors (Lipinski definition) is 1. The zero-order chi connectivity index (χ0) is 4.12. The Morgan fingerprint density at radius 3 is 2.40 bits per heavy atom. The van der Waals surface area contributed by atoms with Gasteiger partial charge in [0.15, 0.2) is 0 Å². The highest BCUT2D eigenvalue weighted by Gasteiger charge is 1.52. The molecule has 0 bridgehead atoms. The van der Waals surface area contributed by atoms with Crippen LogP contribution in [0.4, 0.5) is 0 Å². The highest BCUT2D eigenvalue weighted by Crippen LogP contribution is 1.78. The molecule has 0 aromatic rings. The predicted octanol–water partition coefficient (Wildman–Crippen LogP) is 0.894. The first-order chi connectivity index (χ1) is 2.41. The minimum Gasteiger partial charge on any atom is -0.327 e. The lowest BCUT2D eigenvalue weighted by Crippen LogP contribution is -1.90. The molecular weight excluding hydrogens is 175 g/mol. The van der Waals surface area contributed by atoms with Crippen molar-refractivity contribution < 1.29 is 0 Å². The van der Waals surface area contributed by atoms with E-state index in [1.54, 1.807) is 0 Å². The maximum Gasteiger partial charge on any atom is 0.0114 e. The van der Waals surface area contributed by atoms with Crippen LogP contribution in [0.25, 0.3) is 0 Å². The monoisotopic (exact) mass is 181 g/mol. The molecule has 5 heavy (non-hydrogen) atoms. The van der Waals surface area contributed by atoms with E-state index in [0.717, 1.165) is 0 Å². The first-order valence-corrected chi connectivity index (χ1v) is 2.61. The minimum absolute atomic E-state index is 0.656. The molecule has 0 heterocycles. The molecule has 0 aliphatic rings. The van der Waals surface area contributed by atoms with Crippen molar-refractivity contribution in [2.45, 2.75) is 0 Å². The average molecular weight is 181 g/mol. The van der Waals surface area contributed by atoms with Crippen LogP contribution in [0.2, 0.25) is 0 Å². The molecule has 2 N–H and O–H groups in total. The second-order valence-corrected chi connectivity index (χ2v) is 1.32. The van der Waals surface area contributed by atoms with E-state index < -0.39 is 0 Å². The maximum absolute atomic E-state index is 5.05. The zero-order valence-electron chi connectivity index (χ0n) is 2.82. The SMILES string of the molecule is NC/C=C/[125I]. The van der Waals surface area contributed by atoms with Crippen LogP contribution < -0.4 is 5.73 Å². The van der Waals surface area contributed by atoms with Gasteiger partial charge in [0, 0.05) is 6.54 Å². The molecule has 0 unspecified atom stereocenters. The average Bonchev–Trinajstić information content (AvgIpc) is 1.41. The smallest absolute Gasteiger partial charge is 0.0114 e. The van der Waals surface area contributed by atoms with Crippen LogP contribution >= 0.6 is 22.6 Å². The van der Waals surface area contributed by atoms with Gasteiger partial charge in [-0.25, -0.2) is 0 Å². The van der Waals surface area contributed by atoms with Crippen molar-refractivity contribution in [2.24, 2.45) is 5.73 Å². The molecule has 0 aliphatic carbocycles. The summed E-state index contributed by atoms with van der Waals surface area (Å²) in [7, 11) is 0. The lowest BCUT2D eigenvalue weighted by atomic mass is 10.7. The predicted molar refractivity (Wildman–Crippen MR) is 32.2 cm³/mol. The fourth-order valence-electron chi connectivity index (χ4n) is 0.0514. The molecular formula is C3H6IN. The maximum atomic E-state index is 5.05. The third-order valence-electron chi connectivity index (χ3n) is 0.225. The van der Waals surface area contributed by atoms with Gasteiger partial charge in [0.2, 0.25) is 0 Å². The molecule has 0 aromatic heterocycles. The van der Waals surface area contributed by atoms with E-state index in [1.165, 1.54) is 0 Å². The molecule has 30 valence electrons. The molecule has 0 amide bonds. The number of nitrogens with two attached hydrogens (primary N) is 1. The van der Waals surface area contributed by atoms with Crippen LogP contribution in [0.5, 0.6) is 0 Å². The van der Waals surface area contributed by atoms with Gasteiger partial charge in [-0.3, -0.25) is 0 Å². The molecule has 0 saturated heterocycles. The molecule has 0 aromatic carbocycles. The molecule has 0 spiro atoms. The Kier molecular flexibility index (Phi) is 4.81. The topological polar surface area (TPSA) is 26.0 Å². The summed E-state index contributed by atoms with van der Waals surface area (Å²) < 4.78 is 1.90. The van der Waals surface area contributed by atoms with E-state index in [-0.39, 0.29) is 0 Å². The molecule has 0 aliphatic heterocycles. The molecule has 1 nitrogen and oxygen atoms in total. The number of rotatable bonds is 1. The summed E-state index contributed by atoms with van der Waals surface area (Å²) in [5.41, 5.74) is 5.05. The van der Waals surface area contributed by atoms with Gasteiger partial charge < -0.3 is 5.73 Å². The van der Waals surface area contributed by atoms with Gasteiger partial charge in [0.05, 0.1) is 0 Å². The van der Waals surface area contributed by atoms with Crippen LogP contribution in [0.3, 0.4) is 0 Å². The molecule has 0 fully saturated rings. The van der Waals surface area contributed by atoms with Crippen molar-refractivity contribution in [3.8, 4) is 0 Å². The summed E-state index contributed by atoms with van der Waals surface area (Å²) in [4.78, 5) is 0. The molecule has 0 radical (unpaired) electrons. The van der Waals surface area contributed by atoms with Crippen LogP contribution in [-0.4, -0.2) is 6.54 Å². The Morgan fingerprint density at radius 1 is 1.80 bits per heavy atom. The van der Waals surface area contributed by atoms with E-state index in [9.17, 15) is 0 Å². The zero-order valence-corrected chi connectivity index (χ0v) is 4.97. The summed E-state index contributed by atoms with van der Waals surface area (Å²) in [6.45, 7) is 0.656. The van der Waals surface area contributed by atoms with E-state index >= 15 is 0 Å². The van der Waals surface area contributed by atoms with Gasteiger partial charge in [0.25, 0.3) is 0 Å². The number of hydrogen-bond donors (Lipinski definition) is 1. The van der Waals surface area contributed by atoms with Crippen molar-refractivity contribution in [3.63, 3.8) is 0 Å². The van der Waals surface area contributed by atoms with Gasteiger partial charge >= 0.3 is 0 Å². The molecule has 2 heteroatoms. The molecule has 0 atom stereocenters. The van der Waals surface area contributed by atoms with Crippen molar-refractivity contribution in [1.82, 2.24) is 0 Å². The number of halogens is 1. The molecule has 0 rings (SSSR count). The largest absolute Gasteiger partial charge is 0.327 e. The second kappa shape index (κ2) is 4.43. The van der Waals surface area contributed by atoms with Crippen molar-refractivity contribution in [1.29, 1.82) is 0 Å². The van der Waals surface area contributed by atoms with Gasteiger partial charge in [0.1, 0.15) is 0 Å². The van der Waals surface area contributed by atoms with Crippen molar-refractivity contribution in [2.75, 3.05) is 6.54 Å². The van der Waals surface area contributed by atoms with E-state index in [0.29, 0.717) is 6.54 Å². The Hall–Kier alpha value is 0.430. The van der Waals surface area contributed by atoms with Gasteiger partial charge in [-0.1, -0.05) is 28.7 Å². The summed E-state index contributed by atoms with van der Waals surface area (Å²) in [6.07, 6.45) is 1.89. The third kappa shape index (κ3) is 4.43. The van der Waals surface area contributed by atoms with Gasteiger partial charge in [-0.05, 0) is 4.08 Å². The second-order valence-electron chi connectivity index (χ2n) is 0.597. The van der Waals surface area contributed by atoms with E-state index in [1.807, 2.05) is 10.2 Å². The first kappa shape index (κ1) is 5.43. The fourth-order valence-corrected chi connectivity index (χ4v) is 0.345. The molecule has 0 saturated carbocycles. The Balaban J connectivity index is 2.62. The summed E-state index contributed by atoms with van der Waals surface area (Å²) >= 11 is 2.13. The standard InChI is InChI=1S/C3H6IN/c4-2-1-3-5/h1-2H,3,5H2/b2-1+/i4-2. The van der Waals surface area contributed by atoms with Gasteiger partial charge in [-0.15, -0.1) is 0 Å². The summed E-state index contributed by atoms with van der Waals surface area (Å²) in [5.74, 6) is 0. The highest BCUT2D eigenvalue weighted by molar-refractivity contribution is 14.1. The van der Waals surface area contributed by atoms with Crippen molar-refractivity contribution >= 4 is 22.6 Å². The first-order valence-electron chi connectivity index (χ1n) is 1.37. The normalized spacial score (nSPS) is 10.0.